The van der Waals surface area contributed by atoms with Crippen molar-refractivity contribution in [2.24, 2.45) is 17.8 Å². The minimum absolute atomic E-state index is 0.799. The van der Waals surface area contributed by atoms with Gasteiger partial charge in [-0.3, -0.25) is 0 Å². The van der Waals surface area contributed by atoms with Crippen LogP contribution >= 0.6 is 0 Å². The van der Waals surface area contributed by atoms with Gasteiger partial charge in [-0.05, 0) is 56.4 Å². The fourth-order valence-electron chi connectivity index (χ4n) is 2.77. The molecule has 90 valence electrons. The average molecular weight is 211 g/mol. The third kappa shape index (κ3) is 5.01. The van der Waals surface area contributed by atoms with E-state index in [4.69, 9.17) is 0 Å². The molecule has 1 rings (SSSR count). The smallest absolute Gasteiger partial charge is 0.00928 e. The van der Waals surface area contributed by atoms with Gasteiger partial charge in [0.15, 0.2) is 0 Å². The summed E-state index contributed by atoms with van der Waals surface area (Å²) in [6.45, 7) is 10.7. The molecule has 0 radical (unpaired) electrons. The molecule has 0 aliphatic heterocycles. The van der Waals surface area contributed by atoms with Crippen molar-refractivity contribution in [3.05, 3.63) is 0 Å². The highest BCUT2D eigenvalue weighted by molar-refractivity contribution is 4.80. The van der Waals surface area contributed by atoms with Crippen molar-refractivity contribution in [2.45, 2.75) is 65.8 Å². The van der Waals surface area contributed by atoms with E-state index < -0.39 is 0 Å². The van der Waals surface area contributed by atoms with Crippen LogP contribution in [-0.4, -0.2) is 12.6 Å². The molecule has 0 spiro atoms. The summed E-state index contributed by atoms with van der Waals surface area (Å²) >= 11 is 0. The average Bonchev–Trinajstić information content (AvgIpc) is 2.14. The largest absolute Gasteiger partial charge is 0.314 e. The maximum absolute atomic E-state index is 3.75. The minimum Gasteiger partial charge on any atom is -0.314 e. The van der Waals surface area contributed by atoms with Crippen LogP contribution in [0.25, 0.3) is 0 Å². The summed E-state index contributed by atoms with van der Waals surface area (Å²) in [4.78, 5) is 0. The summed E-state index contributed by atoms with van der Waals surface area (Å²) < 4.78 is 0. The molecule has 1 nitrogen and oxygen atoms in total. The van der Waals surface area contributed by atoms with Gasteiger partial charge >= 0.3 is 0 Å². The van der Waals surface area contributed by atoms with E-state index in [1.54, 1.807) is 0 Å². The molecule has 3 unspecified atom stereocenters. The van der Waals surface area contributed by atoms with E-state index in [1.807, 2.05) is 0 Å². The van der Waals surface area contributed by atoms with Crippen LogP contribution in [0.1, 0.15) is 59.8 Å². The molecule has 0 aromatic rings. The summed E-state index contributed by atoms with van der Waals surface area (Å²) in [6.07, 6.45) is 6.94. The minimum atomic E-state index is 0.799. The molecule has 0 aromatic heterocycles. The molecule has 0 bridgehead atoms. The summed E-state index contributed by atoms with van der Waals surface area (Å²) in [7, 11) is 0. The normalized spacial score (nSPS) is 32.2. The van der Waals surface area contributed by atoms with Gasteiger partial charge in [-0.2, -0.15) is 0 Å². The lowest BCUT2D eigenvalue weighted by Crippen LogP contribution is -2.39. The van der Waals surface area contributed by atoms with Crippen LogP contribution in [0.4, 0.5) is 0 Å². The van der Waals surface area contributed by atoms with Crippen molar-refractivity contribution in [1.82, 2.24) is 5.32 Å². The molecule has 1 saturated carbocycles. The Morgan fingerprint density at radius 2 is 1.93 bits per heavy atom. The van der Waals surface area contributed by atoms with E-state index in [1.165, 1.54) is 38.6 Å². The first kappa shape index (κ1) is 13.0. The van der Waals surface area contributed by atoms with Gasteiger partial charge in [0.1, 0.15) is 0 Å². The summed E-state index contributed by atoms with van der Waals surface area (Å²) in [5.41, 5.74) is 0. The van der Waals surface area contributed by atoms with Gasteiger partial charge in [-0.1, -0.05) is 27.7 Å². The van der Waals surface area contributed by atoms with Gasteiger partial charge in [0.2, 0.25) is 0 Å². The number of hydrogen-bond donors (Lipinski definition) is 1. The number of nitrogens with one attached hydrogen (secondary N) is 1. The molecule has 0 heterocycles. The molecule has 0 amide bonds. The lowest BCUT2D eigenvalue weighted by Gasteiger charge is -2.33. The van der Waals surface area contributed by atoms with Crippen molar-refractivity contribution in [3.8, 4) is 0 Å². The quantitative estimate of drug-likeness (QED) is 0.681. The van der Waals surface area contributed by atoms with Crippen LogP contribution in [0.3, 0.4) is 0 Å². The standard InChI is InChI=1S/C14H29N/c1-11(2)6-5-9-15-14-8-7-12(3)10-13(14)4/h11-15H,5-10H2,1-4H3. The van der Waals surface area contributed by atoms with Crippen LogP contribution in [0.5, 0.6) is 0 Å². The Morgan fingerprint density at radius 3 is 2.53 bits per heavy atom. The maximum Gasteiger partial charge on any atom is 0.00928 e. The van der Waals surface area contributed by atoms with Crippen molar-refractivity contribution in [1.29, 1.82) is 0 Å². The SMILES string of the molecule is CC(C)CCCNC1CCC(C)CC1C. The molecule has 1 aliphatic carbocycles. The Bertz CT molecular complexity index is 165. The summed E-state index contributed by atoms with van der Waals surface area (Å²) in [5, 5.41) is 3.75. The van der Waals surface area contributed by atoms with E-state index in [0.29, 0.717) is 0 Å². The Balaban J connectivity index is 2.10. The van der Waals surface area contributed by atoms with Crippen LogP contribution in [0, 0.1) is 17.8 Å². The van der Waals surface area contributed by atoms with E-state index >= 15 is 0 Å². The fraction of sp³-hybridized carbons (Fsp3) is 1.00. The maximum atomic E-state index is 3.75. The van der Waals surface area contributed by atoms with Crippen LogP contribution in [0.15, 0.2) is 0 Å². The van der Waals surface area contributed by atoms with Crippen molar-refractivity contribution in [2.75, 3.05) is 6.54 Å². The highest BCUT2D eigenvalue weighted by atomic mass is 14.9. The molecular weight excluding hydrogens is 182 g/mol. The monoisotopic (exact) mass is 211 g/mol. The molecule has 1 heteroatoms. The highest BCUT2D eigenvalue weighted by Crippen LogP contribution is 2.28. The second kappa shape index (κ2) is 6.52. The molecule has 3 atom stereocenters. The zero-order valence-electron chi connectivity index (χ0n) is 11.1. The lowest BCUT2D eigenvalue weighted by atomic mass is 9.80. The molecule has 15 heavy (non-hydrogen) atoms. The molecule has 1 N–H and O–H groups in total. The van der Waals surface area contributed by atoms with E-state index in [2.05, 4.69) is 33.0 Å². The van der Waals surface area contributed by atoms with E-state index in [-0.39, 0.29) is 0 Å². The molecule has 1 fully saturated rings. The number of hydrogen-bond acceptors (Lipinski definition) is 1. The van der Waals surface area contributed by atoms with Gasteiger partial charge in [-0.25, -0.2) is 0 Å². The molecule has 0 saturated heterocycles. The number of rotatable bonds is 5. The molecule has 1 aliphatic rings. The summed E-state index contributed by atoms with van der Waals surface area (Å²) in [5.74, 6) is 2.69. The molecular formula is C14H29N. The van der Waals surface area contributed by atoms with Gasteiger partial charge in [-0.15, -0.1) is 0 Å². The van der Waals surface area contributed by atoms with Crippen LogP contribution in [-0.2, 0) is 0 Å². The zero-order valence-corrected chi connectivity index (χ0v) is 11.1. The van der Waals surface area contributed by atoms with E-state index in [0.717, 1.165) is 23.8 Å². The first-order chi connectivity index (χ1) is 7.09. The van der Waals surface area contributed by atoms with Crippen LogP contribution in [0.2, 0.25) is 0 Å². The fourth-order valence-corrected chi connectivity index (χ4v) is 2.77. The topological polar surface area (TPSA) is 12.0 Å². The highest BCUT2D eigenvalue weighted by Gasteiger charge is 2.24. The van der Waals surface area contributed by atoms with Gasteiger partial charge < -0.3 is 5.32 Å². The first-order valence-corrected chi connectivity index (χ1v) is 6.83. The van der Waals surface area contributed by atoms with Crippen molar-refractivity contribution < 1.29 is 0 Å². The van der Waals surface area contributed by atoms with Crippen molar-refractivity contribution >= 4 is 0 Å². The van der Waals surface area contributed by atoms with Crippen LogP contribution < -0.4 is 5.32 Å². The predicted octanol–water partition coefficient (Wildman–Crippen LogP) is 3.84. The zero-order chi connectivity index (χ0) is 11.3. The Morgan fingerprint density at radius 1 is 1.20 bits per heavy atom. The Labute approximate surface area is 96.0 Å². The van der Waals surface area contributed by atoms with Gasteiger partial charge in [0.25, 0.3) is 0 Å². The predicted molar refractivity (Wildman–Crippen MR) is 68.0 cm³/mol. The van der Waals surface area contributed by atoms with Gasteiger partial charge in [0.05, 0.1) is 0 Å². The third-order valence-electron chi connectivity index (χ3n) is 3.80. The summed E-state index contributed by atoms with van der Waals surface area (Å²) in [6, 6.07) is 0.799. The first-order valence-electron chi connectivity index (χ1n) is 6.83. The Hall–Kier alpha value is -0.0400. The second-order valence-electron chi connectivity index (χ2n) is 5.99. The second-order valence-corrected chi connectivity index (χ2v) is 5.99. The Kier molecular flexibility index (Phi) is 5.66. The molecule has 0 aromatic carbocycles. The van der Waals surface area contributed by atoms with Gasteiger partial charge in [0, 0.05) is 6.04 Å². The van der Waals surface area contributed by atoms with E-state index in [9.17, 15) is 0 Å². The third-order valence-corrected chi connectivity index (χ3v) is 3.80. The van der Waals surface area contributed by atoms with Crippen molar-refractivity contribution in [3.63, 3.8) is 0 Å². The lowest BCUT2D eigenvalue weighted by molar-refractivity contribution is 0.227.